The molecule has 0 saturated carbocycles. The Bertz CT molecular complexity index is 986. The van der Waals surface area contributed by atoms with Crippen LogP contribution in [-0.4, -0.2) is 5.78 Å². The van der Waals surface area contributed by atoms with Crippen molar-refractivity contribution >= 4 is 23.2 Å². The molecular formula is C23H18FNOS. The molecule has 0 fully saturated rings. The molecule has 0 aromatic heterocycles. The zero-order valence-electron chi connectivity index (χ0n) is 14.6. The number of ketones is 1. The van der Waals surface area contributed by atoms with Crippen molar-refractivity contribution in [1.29, 1.82) is 0 Å². The molecule has 1 atom stereocenters. The first kappa shape index (κ1) is 17.6. The number of benzene rings is 3. The van der Waals surface area contributed by atoms with Gasteiger partial charge in [-0.2, -0.15) is 0 Å². The Balaban J connectivity index is 1.68. The number of rotatable bonds is 5. The van der Waals surface area contributed by atoms with Crippen LogP contribution in [0.4, 0.5) is 10.1 Å². The minimum atomic E-state index is -0.399. The maximum Gasteiger partial charge on any atom is 0.191 e. The zero-order valence-corrected chi connectivity index (χ0v) is 15.4. The molecule has 1 unspecified atom stereocenters. The van der Waals surface area contributed by atoms with E-state index in [-0.39, 0.29) is 11.0 Å². The summed E-state index contributed by atoms with van der Waals surface area (Å²) >= 11 is 1.65. The largest absolute Gasteiger partial charge is 0.350 e. The number of hydrogen-bond donors (Lipinski definition) is 1. The quantitative estimate of drug-likeness (QED) is 0.538. The van der Waals surface area contributed by atoms with Crippen molar-refractivity contribution < 1.29 is 9.18 Å². The van der Waals surface area contributed by atoms with Crippen LogP contribution in [0.25, 0.3) is 0 Å². The SMILES string of the molecule is O=C(C1=C(Nc2ccccc2)SC(c2ccccc2)C1)c1cccc(F)c1. The Kier molecular flexibility index (Phi) is 5.07. The van der Waals surface area contributed by atoms with Gasteiger partial charge in [0.25, 0.3) is 0 Å². The van der Waals surface area contributed by atoms with Crippen molar-refractivity contribution in [2.45, 2.75) is 11.7 Å². The van der Waals surface area contributed by atoms with E-state index in [4.69, 9.17) is 0 Å². The van der Waals surface area contributed by atoms with E-state index >= 15 is 0 Å². The molecule has 0 bridgehead atoms. The number of carbonyl (C=O) groups is 1. The molecule has 2 nitrogen and oxygen atoms in total. The van der Waals surface area contributed by atoms with Gasteiger partial charge in [0.1, 0.15) is 5.82 Å². The summed E-state index contributed by atoms with van der Waals surface area (Å²) < 4.78 is 13.6. The number of anilines is 1. The molecule has 0 radical (unpaired) electrons. The maximum atomic E-state index is 13.6. The van der Waals surface area contributed by atoms with Gasteiger partial charge in [-0.25, -0.2) is 4.39 Å². The van der Waals surface area contributed by atoms with Gasteiger partial charge in [-0.1, -0.05) is 72.4 Å². The van der Waals surface area contributed by atoms with Crippen LogP contribution in [0.5, 0.6) is 0 Å². The predicted molar refractivity (Wildman–Crippen MR) is 109 cm³/mol. The molecular weight excluding hydrogens is 357 g/mol. The van der Waals surface area contributed by atoms with Gasteiger partial charge in [-0.15, -0.1) is 0 Å². The molecule has 4 rings (SSSR count). The molecule has 3 aromatic carbocycles. The second-order valence-electron chi connectivity index (χ2n) is 6.36. The van der Waals surface area contributed by atoms with Crippen LogP contribution in [0.15, 0.2) is 95.5 Å². The number of nitrogens with one attached hydrogen (secondary N) is 1. The van der Waals surface area contributed by atoms with Crippen LogP contribution >= 0.6 is 11.8 Å². The van der Waals surface area contributed by atoms with Crippen LogP contribution < -0.4 is 5.32 Å². The van der Waals surface area contributed by atoms with E-state index in [9.17, 15) is 9.18 Å². The monoisotopic (exact) mass is 375 g/mol. The van der Waals surface area contributed by atoms with Crippen molar-refractivity contribution in [3.63, 3.8) is 0 Å². The van der Waals surface area contributed by atoms with Gasteiger partial charge >= 0.3 is 0 Å². The summed E-state index contributed by atoms with van der Waals surface area (Å²) in [7, 11) is 0. The van der Waals surface area contributed by atoms with Gasteiger partial charge in [-0.3, -0.25) is 4.79 Å². The smallest absolute Gasteiger partial charge is 0.191 e. The molecule has 1 aliphatic rings. The third kappa shape index (κ3) is 3.96. The van der Waals surface area contributed by atoms with Crippen LogP contribution in [0.1, 0.15) is 27.6 Å². The number of para-hydroxylation sites is 1. The first-order valence-electron chi connectivity index (χ1n) is 8.78. The summed E-state index contributed by atoms with van der Waals surface area (Å²) in [5, 5.41) is 4.38. The van der Waals surface area contributed by atoms with Crippen molar-refractivity contribution in [3.05, 3.63) is 112 Å². The van der Waals surface area contributed by atoms with Crippen molar-refractivity contribution in [3.8, 4) is 0 Å². The van der Waals surface area contributed by atoms with Crippen LogP contribution in [0.2, 0.25) is 0 Å². The lowest BCUT2D eigenvalue weighted by Gasteiger charge is -2.11. The highest BCUT2D eigenvalue weighted by Crippen LogP contribution is 2.48. The lowest BCUT2D eigenvalue weighted by Crippen LogP contribution is -2.07. The molecule has 1 N–H and O–H groups in total. The summed E-state index contributed by atoms with van der Waals surface area (Å²) in [6.07, 6.45) is 0.610. The molecule has 0 amide bonds. The van der Waals surface area contributed by atoms with E-state index in [1.165, 1.54) is 17.7 Å². The Labute approximate surface area is 162 Å². The zero-order chi connectivity index (χ0) is 18.6. The van der Waals surface area contributed by atoms with Crippen molar-refractivity contribution in [2.24, 2.45) is 0 Å². The fraction of sp³-hybridized carbons (Fsp3) is 0.0870. The highest BCUT2D eigenvalue weighted by molar-refractivity contribution is 8.03. The maximum absolute atomic E-state index is 13.6. The lowest BCUT2D eigenvalue weighted by molar-refractivity contribution is 0.103. The van der Waals surface area contributed by atoms with E-state index in [0.717, 1.165) is 10.7 Å². The number of Topliss-reactive ketones (excluding diaryl/α,β-unsaturated/α-hetero) is 1. The van der Waals surface area contributed by atoms with E-state index < -0.39 is 5.82 Å². The molecule has 0 aliphatic carbocycles. The number of thioether (sulfide) groups is 1. The average Bonchev–Trinajstić information content (AvgIpc) is 3.12. The Hall–Kier alpha value is -2.85. The molecule has 27 heavy (non-hydrogen) atoms. The highest BCUT2D eigenvalue weighted by atomic mass is 32.2. The molecule has 0 spiro atoms. The topological polar surface area (TPSA) is 29.1 Å². The fourth-order valence-corrected chi connectivity index (χ4v) is 4.47. The minimum Gasteiger partial charge on any atom is -0.350 e. The first-order valence-corrected chi connectivity index (χ1v) is 9.66. The Morgan fingerprint density at radius 3 is 2.33 bits per heavy atom. The third-order valence-electron chi connectivity index (χ3n) is 4.49. The lowest BCUT2D eigenvalue weighted by atomic mass is 9.97. The van der Waals surface area contributed by atoms with Gasteiger partial charge in [-0.05, 0) is 36.2 Å². The molecule has 1 heterocycles. The number of halogens is 1. The standard InChI is InChI=1S/C23H18FNOS/c24-18-11-7-10-17(14-18)22(26)20-15-21(16-8-3-1-4-9-16)27-23(20)25-19-12-5-2-6-13-19/h1-14,21,25H,15H2. The predicted octanol–water partition coefficient (Wildman–Crippen LogP) is 6.21. The van der Waals surface area contributed by atoms with Gasteiger partial charge in [0.2, 0.25) is 0 Å². The van der Waals surface area contributed by atoms with Crippen molar-refractivity contribution in [2.75, 3.05) is 5.32 Å². The van der Waals surface area contributed by atoms with E-state index in [1.807, 2.05) is 48.5 Å². The Morgan fingerprint density at radius 1 is 0.926 bits per heavy atom. The molecule has 1 aliphatic heterocycles. The summed E-state index contributed by atoms with van der Waals surface area (Å²) in [4.78, 5) is 13.1. The van der Waals surface area contributed by atoms with E-state index in [2.05, 4.69) is 17.4 Å². The number of allylic oxidation sites excluding steroid dienone is 1. The minimum absolute atomic E-state index is 0.126. The van der Waals surface area contributed by atoms with E-state index in [1.54, 1.807) is 23.9 Å². The third-order valence-corrected chi connectivity index (χ3v) is 5.80. The van der Waals surface area contributed by atoms with Gasteiger partial charge < -0.3 is 5.32 Å². The fourth-order valence-electron chi connectivity index (χ4n) is 3.14. The summed E-state index contributed by atoms with van der Waals surface area (Å²) in [5.74, 6) is -0.525. The normalized spacial score (nSPS) is 16.4. The van der Waals surface area contributed by atoms with Crippen LogP contribution in [0.3, 0.4) is 0 Å². The molecule has 134 valence electrons. The average molecular weight is 375 g/mol. The van der Waals surface area contributed by atoms with Gasteiger partial charge in [0.15, 0.2) is 5.78 Å². The van der Waals surface area contributed by atoms with Crippen molar-refractivity contribution in [1.82, 2.24) is 0 Å². The highest BCUT2D eigenvalue weighted by Gasteiger charge is 2.31. The Morgan fingerprint density at radius 2 is 1.63 bits per heavy atom. The first-order chi connectivity index (χ1) is 13.2. The second-order valence-corrected chi connectivity index (χ2v) is 7.57. The van der Waals surface area contributed by atoms with Gasteiger partial charge in [0, 0.05) is 22.1 Å². The van der Waals surface area contributed by atoms with Gasteiger partial charge in [0.05, 0.1) is 5.03 Å². The number of carbonyl (C=O) groups excluding carboxylic acids is 1. The van der Waals surface area contributed by atoms with Crippen LogP contribution in [0, 0.1) is 5.82 Å². The molecule has 4 heteroatoms. The molecule has 3 aromatic rings. The van der Waals surface area contributed by atoms with E-state index in [0.29, 0.717) is 17.6 Å². The molecule has 0 saturated heterocycles. The summed E-state index contributed by atoms with van der Waals surface area (Å²) in [6.45, 7) is 0. The summed E-state index contributed by atoms with van der Waals surface area (Å²) in [5.41, 5.74) is 3.19. The number of hydrogen-bond acceptors (Lipinski definition) is 3. The van der Waals surface area contributed by atoms with Crippen LogP contribution in [-0.2, 0) is 0 Å². The second kappa shape index (κ2) is 7.80. The summed E-state index contributed by atoms with van der Waals surface area (Å²) in [6, 6.07) is 25.8.